The molecule has 0 aliphatic heterocycles. The summed E-state index contributed by atoms with van der Waals surface area (Å²) in [5, 5.41) is 11.8. The maximum atomic E-state index is 11.8. The maximum Gasteiger partial charge on any atom is 0.412 e. The fourth-order valence-corrected chi connectivity index (χ4v) is 3.27. The minimum atomic E-state index is -3.29. The zero-order valence-corrected chi connectivity index (χ0v) is 16.0. The van der Waals surface area contributed by atoms with Crippen LogP contribution in [0, 0.1) is 5.41 Å². The van der Waals surface area contributed by atoms with Crippen LogP contribution in [0.3, 0.4) is 0 Å². The van der Waals surface area contributed by atoms with Gasteiger partial charge in [0.25, 0.3) is 0 Å². The van der Waals surface area contributed by atoms with Crippen LogP contribution in [-0.2, 0) is 18.8 Å². The van der Waals surface area contributed by atoms with Crippen molar-refractivity contribution in [1.82, 2.24) is 5.32 Å². The third-order valence-electron chi connectivity index (χ3n) is 3.06. The van der Waals surface area contributed by atoms with Crippen LogP contribution in [0.1, 0.15) is 53.9 Å². The number of aliphatic hydroxyl groups excluding tert-OH is 1. The number of nitrogens with one attached hydrogen (secondary N) is 1. The summed E-state index contributed by atoms with van der Waals surface area (Å²) in [5.41, 5.74) is -0.728. The minimum absolute atomic E-state index is 0.0667. The molecular formula is C15H30NO7P. The molecule has 0 bridgehead atoms. The fourth-order valence-electron chi connectivity index (χ4n) is 1.59. The molecule has 0 rings (SSSR count). The molecule has 0 saturated heterocycles. The number of amides is 1. The SMILES string of the molecule is CCCCP(=O)(O)CCC(O)NC(=O)OC(C)OC(=O)C(C)(C)C. The van der Waals surface area contributed by atoms with Crippen molar-refractivity contribution in [2.75, 3.05) is 12.3 Å². The summed E-state index contributed by atoms with van der Waals surface area (Å²) < 4.78 is 21.5. The molecule has 0 aliphatic rings. The van der Waals surface area contributed by atoms with E-state index in [1.807, 2.05) is 6.92 Å². The molecule has 8 nitrogen and oxygen atoms in total. The zero-order valence-electron chi connectivity index (χ0n) is 15.1. The third kappa shape index (κ3) is 10.6. The Bertz CT molecular complexity index is 461. The van der Waals surface area contributed by atoms with E-state index in [-0.39, 0.29) is 18.7 Å². The predicted molar refractivity (Wildman–Crippen MR) is 89.7 cm³/mol. The molecule has 0 heterocycles. The Morgan fingerprint density at radius 1 is 1.21 bits per heavy atom. The summed E-state index contributed by atoms with van der Waals surface area (Å²) in [6.45, 7) is 8.29. The van der Waals surface area contributed by atoms with Gasteiger partial charge in [0.2, 0.25) is 13.7 Å². The van der Waals surface area contributed by atoms with E-state index in [4.69, 9.17) is 9.47 Å². The molecule has 24 heavy (non-hydrogen) atoms. The Hall–Kier alpha value is -1.11. The van der Waals surface area contributed by atoms with Crippen molar-refractivity contribution < 1.29 is 33.6 Å². The van der Waals surface area contributed by atoms with Crippen LogP contribution in [0.25, 0.3) is 0 Å². The van der Waals surface area contributed by atoms with Crippen molar-refractivity contribution in [3.05, 3.63) is 0 Å². The van der Waals surface area contributed by atoms with Gasteiger partial charge in [-0.3, -0.25) is 14.7 Å². The lowest BCUT2D eigenvalue weighted by Crippen LogP contribution is -2.38. The van der Waals surface area contributed by atoms with Crippen molar-refractivity contribution in [3.8, 4) is 0 Å². The molecule has 3 atom stereocenters. The summed E-state index contributed by atoms with van der Waals surface area (Å²) >= 11 is 0. The van der Waals surface area contributed by atoms with Gasteiger partial charge in [0.05, 0.1) is 5.41 Å². The van der Waals surface area contributed by atoms with Gasteiger partial charge in [-0.1, -0.05) is 13.3 Å². The number of unbranched alkanes of at least 4 members (excludes halogenated alkanes) is 1. The van der Waals surface area contributed by atoms with Gasteiger partial charge in [-0.25, -0.2) is 4.79 Å². The number of carbonyl (C=O) groups is 2. The molecule has 0 aromatic carbocycles. The van der Waals surface area contributed by atoms with Crippen molar-refractivity contribution in [2.24, 2.45) is 5.41 Å². The maximum absolute atomic E-state index is 11.8. The zero-order chi connectivity index (χ0) is 19.0. The highest BCUT2D eigenvalue weighted by Crippen LogP contribution is 2.42. The standard InChI is InChI=1S/C15H30NO7P/c1-6-7-9-24(20,21)10-8-12(17)16-14(19)23-11(2)22-13(18)15(3,4)5/h11-12,17H,6-10H2,1-5H3,(H,16,19)(H,20,21). The normalized spacial score (nSPS) is 16.6. The van der Waals surface area contributed by atoms with Crippen LogP contribution < -0.4 is 5.32 Å². The van der Waals surface area contributed by atoms with E-state index in [2.05, 4.69) is 5.32 Å². The topological polar surface area (TPSA) is 122 Å². The first-order valence-electron chi connectivity index (χ1n) is 8.04. The largest absolute Gasteiger partial charge is 0.425 e. The average molecular weight is 367 g/mol. The van der Waals surface area contributed by atoms with E-state index in [0.29, 0.717) is 6.42 Å². The van der Waals surface area contributed by atoms with Gasteiger partial charge in [-0.2, -0.15) is 0 Å². The molecule has 0 radical (unpaired) electrons. The lowest BCUT2D eigenvalue weighted by Gasteiger charge is -2.21. The molecule has 0 aromatic rings. The number of esters is 1. The molecule has 0 spiro atoms. The van der Waals surface area contributed by atoms with E-state index in [0.717, 1.165) is 6.42 Å². The number of rotatable bonds is 9. The van der Waals surface area contributed by atoms with Gasteiger partial charge in [-0.15, -0.1) is 0 Å². The van der Waals surface area contributed by atoms with Crippen LogP contribution in [0.5, 0.6) is 0 Å². The Kier molecular flexibility index (Phi) is 9.55. The fraction of sp³-hybridized carbons (Fsp3) is 0.867. The number of aliphatic hydroxyl groups is 1. The van der Waals surface area contributed by atoms with Gasteiger partial charge < -0.3 is 19.5 Å². The molecular weight excluding hydrogens is 337 g/mol. The highest BCUT2D eigenvalue weighted by Gasteiger charge is 2.26. The molecule has 1 amide bonds. The molecule has 3 N–H and O–H groups in total. The molecule has 142 valence electrons. The summed E-state index contributed by atoms with van der Waals surface area (Å²) in [7, 11) is -3.29. The van der Waals surface area contributed by atoms with E-state index >= 15 is 0 Å². The number of carbonyl (C=O) groups excluding carboxylic acids is 2. The highest BCUT2D eigenvalue weighted by molar-refractivity contribution is 7.57. The van der Waals surface area contributed by atoms with Crippen LogP contribution in [0.4, 0.5) is 4.79 Å². The molecule has 0 aliphatic carbocycles. The molecule has 0 saturated carbocycles. The second kappa shape index (κ2) is 10.0. The van der Waals surface area contributed by atoms with E-state index in [1.165, 1.54) is 6.92 Å². The van der Waals surface area contributed by atoms with E-state index < -0.39 is 37.4 Å². The number of hydrogen-bond acceptors (Lipinski definition) is 6. The second-order valence-corrected chi connectivity index (χ2v) is 9.31. The molecule has 0 fully saturated rings. The molecule has 3 unspecified atom stereocenters. The van der Waals surface area contributed by atoms with Gasteiger partial charge in [0.1, 0.15) is 6.23 Å². The Labute approximate surface area is 143 Å². The van der Waals surface area contributed by atoms with Gasteiger partial charge in [0.15, 0.2) is 0 Å². The summed E-state index contributed by atoms with van der Waals surface area (Å²) in [4.78, 5) is 32.9. The summed E-state index contributed by atoms with van der Waals surface area (Å²) in [5.74, 6) is -0.527. The van der Waals surface area contributed by atoms with E-state index in [9.17, 15) is 24.2 Å². The van der Waals surface area contributed by atoms with Crippen LogP contribution in [0.2, 0.25) is 0 Å². The minimum Gasteiger partial charge on any atom is -0.425 e. The molecule has 9 heteroatoms. The lowest BCUT2D eigenvalue weighted by atomic mass is 9.97. The van der Waals surface area contributed by atoms with Crippen molar-refractivity contribution >= 4 is 19.4 Å². The Morgan fingerprint density at radius 2 is 1.79 bits per heavy atom. The van der Waals surface area contributed by atoms with Crippen LogP contribution in [0.15, 0.2) is 0 Å². The van der Waals surface area contributed by atoms with Crippen molar-refractivity contribution in [2.45, 2.75) is 66.4 Å². The first kappa shape index (κ1) is 22.9. The van der Waals surface area contributed by atoms with Crippen LogP contribution >= 0.6 is 7.37 Å². The first-order valence-corrected chi connectivity index (χ1v) is 10.1. The Morgan fingerprint density at radius 3 is 2.29 bits per heavy atom. The van der Waals surface area contributed by atoms with Gasteiger partial charge in [0, 0.05) is 25.7 Å². The van der Waals surface area contributed by atoms with Crippen molar-refractivity contribution in [1.29, 1.82) is 0 Å². The first-order chi connectivity index (χ1) is 10.9. The van der Waals surface area contributed by atoms with Crippen LogP contribution in [-0.4, -0.2) is 46.9 Å². The van der Waals surface area contributed by atoms with Gasteiger partial charge >= 0.3 is 12.1 Å². The summed E-state index contributed by atoms with van der Waals surface area (Å²) in [6.07, 6.45) is -1.92. The highest BCUT2D eigenvalue weighted by atomic mass is 31.2. The number of alkyl carbamates (subject to hydrolysis) is 1. The quantitative estimate of drug-likeness (QED) is 0.325. The monoisotopic (exact) mass is 367 g/mol. The smallest absolute Gasteiger partial charge is 0.412 e. The number of hydrogen-bond donors (Lipinski definition) is 3. The van der Waals surface area contributed by atoms with Gasteiger partial charge in [-0.05, 0) is 27.2 Å². The van der Waals surface area contributed by atoms with E-state index in [1.54, 1.807) is 20.8 Å². The predicted octanol–water partition coefficient (Wildman–Crippen LogP) is 2.43. The Balaban J connectivity index is 4.18. The van der Waals surface area contributed by atoms with Crippen molar-refractivity contribution in [3.63, 3.8) is 0 Å². The number of ether oxygens (including phenoxy) is 2. The molecule has 0 aromatic heterocycles. The third-order valence-corrected chi connectivity index (χ3v) is 5.03. The summed E-state index contributed by atoms with van der Waals surface area (Å²) in [6, 6.07) is 0. The average Bonchev–Trinajstić information content (AvgIpc) is 2.41. The second-order valence-electron chi connectivity index (χ2n) is 6.72. The lowest BCUT2D eigenvalue weighted by molar-refractivity contribution is -0.174.